The first-order valence-corrected chi connectivity index (χ1v) is 8.54. The second-order valence-electron chi connectivity index (χ2n) is 6.45. The number of amides is 2. The van der Waals surface area contributed by atoms with Gasteiger partial charge in [-0.05, 0) is 43.0 Å². The van der Waals surface area contributed by atoms with Gasteiger partial charge in [-0.3, -0.25) is 9.59 Å². The fourth-order valence-corrected chi connectivity index (χ4v) is 4.18. The van der Waals surface area contributed by atoms with Crippen molar-refractivity contribution in [2.45, 2.75) is 51.7 Å². The van der Waals surface area contributed by atoms with Crippen LogP contribution in [0.25, 0.3) is 0 Å². The van der Waals surface area contributed by atoms with E-state index < -0.39 is 6.04 Å². The van der Waals surface area contributed by atoms with Gasteiger partial charge in [0.05, 0.1) is 6.04 Å². The summed E-state index contributed by atoms with van der Waals surface area (Å²) in [5.74, 6) is 0.693. The van der Waals surface area contributed by atoms with Gasteiger partial charge in [0.25, 0.3) is 0 Å². The van der Waals surface area contributed by atoms with Crippen molar-refractivity contribution in [3.05, 3.63) is 22.4 Å². The van der Waals surface area contributed by atoms with Crippen LogP contribution in [0.5, 0.6) is 0 Å². The molecule has 2 fully saturated rings. The lowest BCUT2D eigenvalue weighted by molar-refractivity contribution is -0.153. The van der Waals surface area contributed by atoms with Crippen LogP contribution in [0.2, 0.25) is 0 Å². The van der Waals surface area contributed by atoms with E-state index in [-0.39, 0.29) is 29.8 Å². The monoisotopic (exact) mass is 306 g/mol. The molecule has 21 heavy (non-hydrogen) atoms. The van der Waals surface area contributed by atoms with E-state index in [0.29, 0.717) is 5.92 Å². The summed E-state index contributed by atoms with van der Waals surface area (Å²) in [6.45, 7) is 6.06. The molecule has 1 aliphatic heterocycles. The number of hydrogen-bond donors (Lipinski definition) is 1. The van der Waals surface area contributed by atoms with Crippen LogP contribution in [-0.2, 0) is 9.59 Å². The van der Waals surface area contributed by atoms with Crippen LogP contribution >= 0.6 is 11.3 Å². The van der Waals surface area contributed by atoms with E-state index in [1.165, 1.54) is 0 Å². The summed E-state index contributed by atoms with van der Waals surface area (Å²) in [5.41, 5.74) is 0. The quantitative estimate of drug-likeness (QED) is 0.929. The molecule has 3 unspecified atom stereocenters. The molecule has 1 saturated carbocycles. The predicted octanol–water partition coefficient (Wildman–Crippen LogP) is 2.57. The average Bonchev–Trinajstić information content (AvgIpc) is 3.14. The standard InChI is InChI=1S/C16H22N2O2S/c1-9(2)14(12-5-4-8-21-12)18-10(3)15(19)17-13(16(18)20)11-6-7-11/h4-5,8-11,13-14H,6-7H2,1-3H3,(H,17,19). The van der Waals surface area contributed by atoms with E-state index in [4.69, 9.17) is 0 Å². The highest BCUT2D eigenvalue weighted by Crippen LogP contribution is 2.39. The molecular weight excluding hydrogens is 284 g/mol. The first-order chi connectivity index (χ1) is 10.0. The number of nitrogens with zero attached hydrogens (tertiary/aromatic N) is 1. The molecule has 0 aromatic carbocycles. The normalized spacial score (nSPS) is 27.9. The van der Waals surface area contributed by atoms with Gasteiger partial charge in [0.1, 0.15) is 12.1 Å². The zero-order valence-corrected chi connectivity index (χ0v) is 13.5. The van der Waals surface area contributed by atoms with Crippen LogP contribution in [0, 0.1) is 11.8 Å². The summed E-state index contributed by atoms with van der Waals surface area (Å²) in [4.78, 5) is 28.2. The predicted molar refractivity (Wildman–Crippen MR) is 82.9 cm³/mol. The zero-order chi connectivity index (χ0) is 15.1. The Morgan fingerprint density at radius 1 is 1.33 bits per heavy atom. The molecule has 114 valence electrons. The first-order valence-electron chi connectivity index (χ1n) is 7.66. The smallest absolute Gasteiger partial charge is 0.246 e. The molecule has 0 bridgehead atoms. The lowest BCUT2D eigenvalue weighted by Crippen LogP contribution is -2.64. The van der Waals surface area contributed by atoms with E-state index >= 15 is 0 Å². The van der Waals surface area contributed by atoms with Crippen LogP contribution in [0.15, 0.2) is 17.5 Å². The lowest BCUT2D eigenvalue weighted by Gasteiger charge is -2.43. The molecule has 3 atom stereocenters. The van der Waals surface area contributed by atoms with Gasteiger partial charge in [0.15, 0.2) is 0 Å². The number of piperazine rings is 1. The van der Waals surface area contributed by atoms with Crippen molar-refractivity contribution in [2.75, 3.05) is 0 Å². The molecule has 2 amide bonds. The maximum atomic E-state index is 12.9. The van der Waals surface area contributed by atoms with Crippen LogP contribution in [0.4, 0.5) is 0 Å². The van der Waals surface area contributed by atoms with Gasteiger partial charge < -0.3 is 10.2 Å². The molecule has 2 aliphatic rings. The zero-order valence-electron chi connectivity index (χ0n) is 12.7. The Bertz CT molecular complexity index is 536. The maximum Gasteiger partial charge on any atom is 0.246 e. The number of nitrogens with one attached hydrogen (secondary N) is 1. The number of carbonyl (C=O) groups is 2. The Kier molecular flexibility index (Phi) is 3.78. The fraction of sp³-hybridized carbons (Fsp3) is 0.625. The SMILES string of the molecule is CC(C)C(c1cccs1)N1C(=O)C(C2CC2)NC(=O)C1C. The third-order valence-electron chi connectivity index (χ3n) is 4.47. The van der Waals surface area contributed by atoms with Gasteiger partial charge in [-0.15, -0.1) is 11.3 Å². The van der Waals surface area contributed by atoms with Crippen LogP contribution < -0.4 is 5.32 Å². The van der Waals surface area contributed by atoms with E-state index in [9.17, 15) is 9.59 Å². The maximum absolute atomic E-state index is 12.9. The summed E-state index contributed by atoms with van der Waals surface area (Å²) in [5, 5.41) is 4.95. The van der Waals surface area contributed by atoms with Gasteiger partial charge in [-0.25, -0.2) is 0 Å². The first kappa shape index (κ1) is 14.6. The van der Waals surface area contributed by atoms with Crippen molar-refractivity contribution in [3.63, 3.8) is 0 Å². The van der Waals surface area contributed by atoms with Crippen molar-refractivity contribution in [2.24, 2.45) is 11.8 Å². The lowest BCUT2D eigenvalue weighted by atomic mass is 9.95. The molecule has 1 aliphatic carbocycles. The van der Waals surface area contributed by atoms with Gasteiger partial charge >= 0.3 is 0 Å². The van der Waals surface area contributed by atoms with E-state index in [2.05, 4.69) is 25.2 Å². The fourth-order valence-electron chi connectivity index (χ4n) is 3.19. The topological polar surface area (TPSA) is 49.4 Å². The molecule has 1 aromatic heterocycles. The molecule has 1 aromatic rings. The molecule has 0 spiro atoms. The largest absolute Gasteiger partial charge is 0.342 e. The van der Waals surface area contributed by atoms with Crippen molar-refractivity contribution in [3.8, 4) is 0 Å². The summed E-state index contributed by atoms with van der Waals surface area (Å²) >= 11 is 1.66. The van der Waals surface area contributed by atoms with Crippen LogP contribution in [0.3, 0.4) is 0 Å². The Balaban J connectivity index is 1.95. The third-order valence-corrected chi connectivity index (χ3v) is 5.42. The van der Waals surface area contributed by atoms with Gasteiger partial charge in [-0.2, -0.15) is 0 Å². The number of hydrogen-bond acceptors (Lipinski definition) is 3. The van der Waals surface area contributed by atoms with E-state index in [1.54, 1.807) is 11.3 Å². The number of carbonyl (C=O) groups excluding carboxylic acids is 2. The molecule has 1 N–H and O–H groups in total. The Hall–Kier alpha value is -1.36. The van der Waals surface area contributed by atoms with Crippen molar-refractivity contribution in [1.82, 2.24) is 10.2 Å². The van der Waals surface area contributed by atoms with Crippen molar-refractivity contribution >= 4 is 23.2 Å². The Morgan fingerprint density at radius 2 is 2.05 bits per heavy atom. The Labute approximate surface area is 129 Å². The minimum absolute atomic E-state index is 0.0141. The molecule has 4 nitrogen and oxygen atoms in total. The Morgan fingerprint density at radius 3 is 2.57 bits per heavy atom. The summed E-state index contributed by atoms with van der Waals surface area (Å²) < 4.78 is 0. The van der Waals surface area contributed by atoms with E-state index in [0.717, 1.165) is 17.7 Å². The summed E-state index contributed by atoms with van der Waals surface area (Å²) in [6.07, 6.45) is 2.09. The van der Waals surface area contributed by atoms with Gasteiger partial charge in [0.2, 0.25) is 11.8 Å². The molecule has 1 saturated heterocycles. The molecule has 2 heterocycles. The second kappa shape index (κ2) is 5.44. The summed E-state index contributed by atoms with van der Waals surface area (Å²) in [7, 11) is 0. The highest BCUT2D eigenvalue weighted by Gasteiger charge is 2.48. The minimum Gasteiger partial charge on any atom is -0.342 e. The minimum atomic E-state index is -0.401. The number of rotatable bonds is 4. The van der Waals surface area contributed by atoms with Gasteiger partial charge in [0, 0.05) is 4.88 Å². The van der Waals surface area contributed by atoms with Crippen molar-refractivity contribution < 1.29 is 9.59 Å². The van der Waals surface area contributed by atoms with Crippen molar-refractivity contribution in [1.29, 1.82) is 0 Å². The second-order valence-corrected chi connectivity index (χ2v) is 7.43. The number of thiophene rings is 1. The molecule has 5 heteroatoms. The highest BCUT2D eigenvalue weighted by molar-refractivity contribution is 7.10. The van der Waals surface area contributed by atoms with Gasteiger partial charge in [-0.1, -0.05) is 19.9 Å². The van der Waals surface area contributed by atoms with Crippen LogP contribution in [0.1, 0.15) is 44.5 Å². The van der Waals surface area contributed by atoms with E-state index in [1.807, 2.05) is 23.3 Å². The molecule has 0 radical (unpaired) electrons. The van der Waals surface area contributed by atoms with Crippen LogP contribution in [-0.4, -0.2) is 28.8 Å². The molecule has 3 rings (SSSR count). The molecular formula is C16H22N2O2S. The average molecular weight is 306 g/mol. The summed E-state index contributed by atoms with van der Waals surface area (Å²) in [6, 6.07) is 3.35. The third kappa shape index (κ3) is 2.59. The highest BCUT2D eigenvalue weighted by atomic mass is 32.1.